The van der Waals surface area contributed by atoms with Gasteiger partial charge in [0.05, 0.1) is 5.69 Å². The van der Waals surface area contributed by atoms with Crippen molar-refractivity contribution in [3.8, 4) is 0 Å². The van der Waals surface area contributed by atoms with Crippen molar-refractivity contribution in [2.75, 3.05) is 18.4 Å². The lowest BCUT2D eigenvalue weighted by molar-refractivity contribution is -0.148. The second-order valence-electron chi connectivity index (χ2n) is 3.92. The Morgan fingerprint density at radius 1 is 1.24 bits per heavy atom. The Morgan fingerprint density at radius 2 is 1.86 bits per heavy atom. The van der Waals surface area contributed by atoms with Crippen LogP contribution in [0, 0.1) is 11.6 Å². The molecule has 116 valence electrons. The molecule has 10 heteroatoms. The lowest BCUT2D eigenvalue weighted by Gasteiger charge is -2.22. The van der Waals surface area contributed by atoms with E-state index in [0.717, 1.165) is 12.1 Å². The number of halogens is 5. The van der Waals surface area contributed by atoms with Gasteiger partial charge in [-0.1, -0.05) is 0 Å². The fraction of sp³-hybridized carbons (Fsp3) is 0.273. The van der Waals surface area contributed by atoms with Gasteiger partial charge in [0.1, 0.15) is 24.7 Å². The molecule has 0 saturated heterocycles. The van der Waals surface area contributed by atoms with Crippen LogP contribution in [-0.2, 0) is 4.79 Å². The van der Waals surface area contributed by atoms with Gasteiger partial charge in [-0.15, -0.1) is 0 Å². The summed E-state index contributed by atoms with van der Waals surface area (Å²) in [6, 6.07) is 0.528. The smallest absolute Gasteiger partial charge is 0.406 e. The molecular formula is C11H9F5N2O3. The first-order valence-electron chi connectivity index (χ1n) is 5.38. The second-order valence-corrected chi connectivity index (χ2v) is 3.92. The Hall–Kier alpha value is -2.39. The number of hydrogen-bond acceptors (Lipinski definition) is 2. The normalized spacial score (nSPS) is 11.1. The molecular weight excluding hydrogens is 303 g/mol. The fourth-order valence-corrected chi connectivity index (χ4v) is 1.36. The van der Waals surface area contributed by atoms with Crippen LogP contribution in [-0.4, -0.2) is 41.3 Å². The summed E-state index contributed by atoms with van der Waals surface area (Å²) in [5.74, 6) is -3.82. The number of benzene rings is 1. The molecule has 0 unspecified atom stereocenters. The molecule has 1 aromatic rings. The second kappa shape index (κ2) is 6.37. The van der Waals surface area contributed by atoms with E-state index in [0.29, 0.717) is 6.07 Å². The molecule has 0 aliphatic carbocycles. The van der Waals surface area contributed by atoms with Crippen LogP contribution in [0.25, 0.3) is 0 Å². The van der Waals surface area contributed by atoms with Gasteiger partial charge >= 0.3 is 18.2 Å². The first-order valence-corrected chi connectivity index (χ1v) is 5.38. The number of anilines is 1. The van der Waals surface area contributed by atoms with Crippen LogP contribution in [0.2, 0.25) is 0 Å². The molecule has 0 heterocycles. The highest BCUT2D eigenvalue weighted by atomic mass is 19.4. The van der Waals surface area contributed by atoms with Gasteiger partial charge in [-0.25, -0.2) is 13.6 Å². The van der Waals surface area contributed by atoms with E-state index in [1.807, 2.05) is 0 Å². The molecule has 5 nitrogen and oxygen atoms in total. The molecule has 0 spiro atoms. The number of alkyl halides is 3. The molecule has 0 saturated carbocycles. The number of nitrogens with one attached hydrogen (secondary N) is 1. The van der Waals surface area contributed by atoms with Crippen molar-refractivity contribution in [3.05, 3.63) is 29.8 Å². The molecule has 0 aliphatic heterocycles. The van der Waals surface area contributed by atoms with Crippen LogP contribution < -0.4 is 5.32 Å². The van der Waals surface area contributed by atoms with Gasteiger partial charge in [-0.3, -0.25) is 4.79 Å². The van der Waals surface area contributed by atoms with Gasteiger partial charge in [0.2, 0.25) is 0 Å². The fourth-order valence-electron chi connectivity index (χ4n) is 1.36. The van der Waals surface area contributed by atoms with Crippen molar-refractivity contribution >= 4 is 17.7 Å². The molecule has 21 heavy (non-hydrogen) atoms. The van der Waals surface area contributed by atoms with E-state index in [9.17, 15) is 31.5 Å². The summed E-state index contributed by atoms with van der Waals surface area (Å²) < 4.78 is 62.7. The average molecular weight is 312 g/mol. The molecule has 2 N–H and O–H groups in total. The first kappa shape index (κ1) is 16.7. The summed E-state index contributed by atoms with van der Waals surface area (Å²) in [7, 11) is 0. The maximum atomic E-state index is 13.3. The van der Waals surface area contributed by atoms with Crippen LogP contribution >= 0.6 is 0 Å². The van der Waals surface area contributed by atoms with Gasteiger partial charge in [0, 0.05) is 6.07 Å². The van der Waals surface area contributed by atoms with Crippen LogP contribution in [0.3, 0.4) is 0 Å². The zero-order valence-corrected chi connectivity index (χ0v) is 10.2. The summed E-state index contributed by atoms with van der Waals surface area (Å²) in [5, 5.41) is 10.2. The number of carbonyl (C=O) groups is 2. The molecule has 0 fully saturated rings. The van der Waals surface area contributed by atoms with Crippen molar-refractivity contribution < 1.29 is 36.6 Å². The number of aliphatic carboxylic acids is 1. The van der Waals surface area contributed by atoms with Crippen molar-refractivity contribution in [2.24, 2.45) is 0 Å². The molecule has 1 rings (SSSR count). The molecule has 0 atom stereocenters. The van der Waals surface area contributed by atoms with E-state index >= 15 is 0 Å². The third-order valence-electron chi connectivity index (χ3n) is 2.16. The van der Waals surface area contributed by atoms with Crippen LogP contribution in [0.4, 0.5) is 32.4 Å². The average Bonchev–Trinajstić information content (AvgIpc) is 2.29. The standard InChI is InChI=1S/C11H9F5N2O3/c12-6-1-2-8(7(13)3-6)17-10(21)18(4-9(19)20)5-11(14,15)16/h1-3H,4-5H2,(H,17,21)(H,19,20). The number of carbonyl (C=O) groups excluding carboxylic acids is 1. The Kier molecular flexibility index (Phi) is 5.06. The maximum absolute atomic E-state index is 13.3. The maximum Gasteiger partial charge on any atom is 0.406 e. The Bertz CT molecular complexity index is 547. The van der Waals surface area contributed by atoms with E-state index in [1.54, 1.807) is 5.32 Å². The summed E-state index contributed by atoms with van der Waals surface area (Å²) in [6.07, 6.45) is -4.83. The monoisotopic (exact) mass is 312 g/mol. The zero-order chi connectivity index (χ0) is 16.2. The highest BCUT2D eigenvalue weighted by Crippen LogP contribution is 2.19. The predicted molar refractivity (Wildman–Crippen MR) is 60.6 cm³/mol. The molecule has 0 radical (unpaired) electrons. The summed E-state index contributed by atoms with van der Waals surface area (Å²) in [4.78, 5) is 21.9. The molecule has 0 aromatic heterocycles. The number of hydrogen-bond donors (Lipinski definition) is 2. The number of carboxylic acid groups (broad SMARTS) is 1. The van der Waals surface area contributed by atoms with Crippen LogP contribution in [0.15, 0.2) is 18.2 Å². The van der Waals surface area contributed by atoms with E-state index in [-0.39, 0.29) is 4.90 Å². The van der Waals surface area contributed by atoms with Gasteiger partial charge in [0.25, 0.3) is 0 Å². The van der Waals surface area contributed by atoms with Crippen molar-refractivity contribution in [1.82, 2.24) is 4.90 Å². The zero-order valence-electron chi connectivity index (χ0n) is 10.2. The predicted octanol–water partition coefficient (Wildman–Crippen LogP) is 2.45. The van der Waals surface area contributed by atoms with Crippen molar-refractivity contribution in [2.45, 2.75) is 6.18 Å². The summed E-state index contributed by atoms with van der Waals surface area (Å²) in [5.41, 5.74) is -0.570. The van der Waals surface area contributed by atoms with E-state index in [1.165, 1.54) is 0 Å². The quantitative estimate of drug-likeness (QED) is 0.839. The Balaban J connectivity index is 2.87. The van der Waals surface area contributed by atoms with Gasteiger partial charge in [-0.05, 0) is 12.1 Å². The third kappa shape index (κ3) is 5.63. The SMILES string of the molecule is O=C(O)CN(CC(F)(F)F)C(=O)Nc1ccc(F)cc1F. The number of amides is 2. The highest BCUT2D eigenvalue weighted by Gasteiger charge is 2.34. The Labute approximate surface area is 115 Å². The third-order valence-corrected chi connectivity index (χ3v) is 2.16. The largest absolute Gasteiger partial charge is 0.480 e. The topological polar surface area (TPSA) is 69.6 Å². The lowest BCUT2D eigenvalue weighted by atomic mass is 10.3. The Morgan fingerprint density at radius 3 is 2.33 bits per heavy atom. The van der Waals surface area contributed by atoms with E-state index in [2.05, 4.69) is 0 Å². The summed E-state index contributed by atoms with van der Waals surface area (Å²) >= 11 is 0. The van der Waals surface area contributed by atoms with Crippen LogP contribution in [0.5, 0.6) is 0 Å². The minimum atomic E-state index is -4.83. The molecule has 2 amide bonds. The molecule has 0 bridgehead atoms. The van der Waals surface area contributed by atoms with Crippen molar-refractivity contribution in [1.29, 1.82) is 0 Å². The minimum Gasteiger partial charge on any atom is -0.480 e. The van der Waals surface area contributed by atoms with Gasteiger partial charge in [-0.2, -0.15) is 13.2 Å². The molecule has 0 aliphatic rings. The summed E-state index contributed by atoms with van der Waals surface area (Å²) in [6.45, 7) is -3.05. The van der Waals surface area contributed by atoms with E-state index in [4.69, 9.17) is 5.11 Å². The lowest BCUT2D eigenvalue weighted by Crippen LogP contribution is -2.44. The van der Waals surface area contributed by atoms with Crippen molar-refractivity contribution in [3.63, 3.8) is 0 Å². The number of rotatable bonds is 4. The first-order chi connectivity index (χ1) is 9.58. The highest BCUT2D eigenvalue weighted by molar-refractivity contribution is 5.91. The number of nitrogens with zero attached hydrogens (tertiary/aromatic N) is 1. The number of urea groups is 1. The van der Waals surface area contributed by atoms with Gasteiger partial charge in [0.15, 0.2) is 0 Å². The molecule has 1 aromatic carbocycles. The minimum absolute atomic E-state index is 0.0644. The van der Waals surface area contributed by atoms with Gasteiger partial charge < -0.3 is 15.3 Å². The van der Waals surface area contributed by atoms with Crippen LogP contribution in [0.1, 0.15) is 0 Å². The number of carboxylic acids is 1. The van der Waals surface area contributed by atoms with E-state index < -0.39 is 48.6 Å².